The Labute approximate surface area is 271 Å². The molecule has 0 aliphatic carbocycles. The van der Waals surface area contributed by atoms with Gasteiger partial charge < -0.3 is 4.42 Å². The summed E-state index contributed by atoms with van der Waals surface area (Å²) in [5.74, 6) is 0.000761. The number of para-hydroxylation sites is 1. The van der Waals surface area contributed by atoms with Gasteiger partial charge in [0.2, 0.25) is 0 Å². The maximum absolute atomic E-state index is 9.01. The van der Waals surface area contributed by atoms with E-state index in [1.807, 2.05) is 0 Å². The van der Waals surface area contributed by atoms with Crippen LogP contribution in [0.3, 0.4) is 0 Å². The van der Waals surface area contributed by atoms with Crippen molar-refractivity contribution in [2.24, 2.45) is 0 Å². The zero-order chi connectivity index (χ0) is 42.5. The van der Waals surface area contributed by atoms with Gasteiger partial charge in [-0.25, -0.2) is 15.0 Å². The molecule has 8 rings (SSSR count). The Kier molecular flexibility index (Phi) is 3.28. The summed E-state index contributed by atoms with van der Waals surface area (Å²) in [7, 11) is 0. The molecule has 0 saturated carbocycles. The van der Waals surface area contributed by atoms with Gasteiger partial charge >= 0.3 is 0 Å². The summed E-state index contributed by atoms with van der Waals surface area (Å²) in [5, 5.41) is -0.173. The van der Waals surface area contributed by atoms with Crippen LogP contribution in [0.15, 0.2) is 156 Å². The summed E-state index contributed by atoms with van der Waals surface area (Å²) in [6, 6.07) is 5.50. The molecule has 0 amide bonds. The standard InChI is InChI=1S/C39H25N3O/c1-3-10-26(11-4-1)27-18-20-28(21-19-27)29-22-24-31(25-23-29)38-40-37(30-12-5-2-6-13-30)41-39(42-38)33-15-9-17-35-36(33)32-14-7-8-16-34(32)43-35/h1-25H/i1D,3D,4D,7D,8D,9D,10D,11D,14D,15D,16D,17D,18D,19D,20D,21D. The predicted octanol–water partition coefficient (Wildman–Crippen LogP) is 10.1. The Bertz CT molecular complexity index is 3060. The molecular formula is C39H25N3O. The van der Waals surface area contributed by atoms with Crippen molar-refractivity contribution in [3.63, 3.8) is 0 Å². The number of nitrogens with zero attached hydrogens (tertiary/aromatic N) is 3. The molecule has 6 aromatic carbocycles. The molecule has 0 unspecified atom stereocenters. The Morgan fingerprint density at radius 2 is 0.977 bits per heavy atom. The number of rotatable bonds is 5. The summed E-state index contributed by atoms with van der Waals surface area (Å²) in [6.07, 6.45) is 0. The maximum Gasteiger partial charge on any atom is 0.164 e. The molecule has 0 atom stereocenters. The lowest BCUT2D eigenvalue weighted by atomic mass is 9.99. The lowest BCUT2D eigenvalue weighted by Crippen LogP contribution is -2.00. The van der Waals surface area contributed by atoms with E-state index in [9.17, 15) is 0 Å². The van der Waals surface area contributed by atoms with Gasteiger partial charge in [0.25, 0.3) is 0 Å². The van der Waals surface area contributed by atoms with Crippen LogP contribution in [0.1, 0.15) is 21.9 Å². The highest BCUT2D eigenvalue weighted by Gasteiger charge is 2.17. The van der Waals surface area contributed by atoms with Crippen molar-refractivity contribution >= 4 is 21.9 Å². The third kappa shape index (κ3) is 4.65. The molecule has 202 valence electrons. The number of fused-ring (bicyclic) bond motifs is 3. The van der Waals surface area contributed by atoms with Crippen molar-refractivity contribution in [2.75, 3.05) is 0 Å². The van der Waals surface area contributed by atoms with Crippen LogP contribution in [0, 0.1) is 0 Å². The van der Waals surface area contributed by atoms with E-state index < -0.39 is 108 Å². The molecule has 0 radical (unpaired) electrons. The lowest BCUT2D eigenvalue weighted by molar-refractivity contribution is 0.669. The molecule has 0 bridgehead atoms. The van der Waals surface area contributed by atoms with Gasteiger partial charge in [-0.05, 0) is 34.3 Å². The topological polar surface area (TPSA) is 51.8 Å². The van der Waals surface area contributed by atoms with Crippen molar-refractivity contribution in [1.29, 1.82) is 0 Å². The lowest BCUT2D eigenvalue weighted by Gasteiger charge is -2.10. The zero-order valence-electron chi connectivity index (χ0n) is 37.9. The Balaban J connectivity index is 1.33. The first-order valence-corrected chi connectivity index (χ1v) is 13.0. The molecule has 8 aromatic rings. The zero-order valence-corrected chi connectivity index (χ0v) is 21.9. The summed E-state index contributed by atoms with van der Waals surface area (Å²) < 4.78 is 142. The molecule has 0 aliphatic heterocycles. The van der Waals surface area contributed by atoms with Crippen LogP contribution < -0.4 is 0 Å². The van der Waals surface area contributed by atoms with Gasteiger partial charge in [0.15, 0.2) is 17.5 Å². The quantitative estimate of drug-likeness (QED) is 0.208. The van der Waals surface area contributed by atoms with Gasteiger partial charge in [-0.3, -0.25) is 0 Å². The van der Waals surface area contributed by atoms with Gasteiger partial charge in [0.05, 0.1) is 21.9 Å². The number of aromatic nitrogens is 3. The summed E-state index contributed by atoms with van der Waals surface area (Å²) in [4.78, 5) is 14.0. The monoisotopic (exact) mass is 567 g/mol. The van der Waals surface area contributed by atoms with Gasteiger partial charge in [-0.15, -0.1) is 0 Å². The van der Waals surface area contributed by atoms with E-state index in [0.29, 0.717) is 11.1 Å². The van der Waals surface area contributed by atoms with Crippen LogP contribution in [-0.4, -0.2) is 15.0 Å². The molecule has 0 saturated heterocycles. The van der Waals surface area contributed by atoms with Gasteiger partial charge in [-0.1, -0.05) is 139 Å². The molecule has 2 heterocycles. The van der Waals surface area contributed by atoms with Crippen LogP contribution in [0.4, 0.5) is 0 Å². The minimum Gasteiger partial charge on any atom is -0.456 e. The average molecular weight is 568 g/mol. The van der Waals surface area contributed by atoms with Crippen LogP contribution in [-0.2, 0) is 0 Å². The van der Waals surface area contributed by atoms with Crippen molar-refractivity contribution in [2.45, 2.75) is 0 Å². The Morgan fingerprint density at radius 3 is 1.72 bits per heavy atom. The molecule has 0 aliphatic rings. The van der Waals surface area contributed by atoms with Crippen molar-refractivity contribution < 1.29 is 26.3 Å². The molecule has 0 fully saturated rings. The number of furan rings is 1. The van der Waals surface area contributed by atoms with E-state index in [1.54, 1.807) is 42.5 Å². The molecule has 0 spiro atoms. The van der Waals surface area contributed by atoms with Crippen molar-refractivity contribution in [3.05, 3.63) is 151 Å². The van der Waals surface area contributed by atoms with E-state index in [-0.39, 0.29) is 56.1 Å². The Hall–Kier alpha value is -5.87. The SMILES string of the molecule is [2H]c1c([2H])c([2H])c(-c2c([2H])c([2H])c(-c3ccc(-c4nc(-c5ccccc5)nc(-c5c([2H])c([2H])c([2H])c6oc7c([2H])c([2H])c([2H])c([2H])c7c56)n4)cc3)c([2H])c2[2H])c([2H])c1[2H]. The fourth-order valence-electron chi connectivity index (χ4n) is 4.60. The number of benzene rings is 6. The second kappa shape index (κ2) is 10.5. The van der Waals surface area contributed by atoms with E-state index in [2.05, 4.69) is 15.0 Å². The van der Waals surface area contributed by atoms with Crippen molar-refractivity contribution in [1.82, 2.24) is 15.0 Å². The fraction of sp³-hybridized carbons (Fsp3) is 0. The van der Waals surface area contributed by atoms with Crippen LogP contribution in [0.2, 0.25) is 0 Å². The number of hydrogen-bond donors (Lipinski definition) is 0. The highest BCUT2D eigenvalue weighted by molar-refractivity contribution is 6.11. The normalized spacial score (nSPS) is 16.5. The van der Waals surface area contributed by atoms with E-state index in [4.69, 9.17) is 26.3 Å². The third-order valence-corrected chi connectivity index (χ3v) is 6.65. The maximum atomic E-state index is 9.01. The smallest absolute Gasteiger partial charge is 0.164 e. The van der Waals surface area contributed by atoms with E-state index in [1.165, 1.54) is 12.1 Å². The van der Waals surface area contributed by atoms with Gasteiger partial charge in [0.1, 0.15) is 11.2 Å². The van der Waals surface area contributed by atoms with Crippen LogP contribution in [0.25, 0.3) is 78.4 Å². The molecule has 0 N–H and O–H groups in total. The summed E-state index contributed by atoms with van der Waals surface area (Å²) in [6.45, 7) is 0. The second-order valence-electron chi connectivity index (χ2n) is 9.26. The largest absolute Gasteiger partial charge is 0.456 e. The third-order valence-electron chi connectivity index (χ3n) is 6.65. The second-order valence-corrected chi connectivity index (χ2v) is 9.26. The fourth-order valence-corrected chi connectivity index (χ4v) is 4.60. The van der Waals surface area contributed by atoms with Gasteiger partial charge in [0, 0.05) is 27.5 Å². The summed E-state index contributed by atoms with van der Waals surface area (Å²) >= 11 is 0. The minimum absolute atomic E-state index is 0.0419. The number of hydrogen-bond acceptors (Lipinski definition) is 4. The summed E-state index contributed by atoms with van der Waals surface area (Å²) in [5.41, 5.74) is -0.571. The van der Waals surface area contributed by atoms with E-state index in [0.717, 1.165) is 0 Å². The molecule has 43 heavy (non-hydrogen) atoms. The molecule has 2 aromatic heterocycles. The van der Waals surface area contributed by atoms with Crippen molar-refractivity contribution in [3.8, 4) is 56.4 Å². The minimum atomic E-state index is -0.683. The first-order valence-electron chi connectivity index (χ1n) is 21.0. The highest BCUT2D eigenvalue weighted by atomic mass is 16.3. The first-order chi connectivity index (χ1) is 28.0. The Morgan fingerprint density at radius 1 is 0.419 bits per heavy atom. The predicted molar refractivity (Wildman–Crippen MR) is 174 cm³/mol. The highest BCUT2D eigenvalue weighted by Crippen LogP contribution is 2.36. The molecular weight excluding hydrogens is 526 g/mol. The van der Waals surface area contributed by atoms with Crippen LogP contribution in [0.5, 0.6) is 0 Å². The van der Waals surface area contributed by atoms with Gasteiger partial charge in [-0.2, -0.15) is 0 Å². The first kappa shape index (κ1) is 13.4. The average Bonchev–Trinajstić information content (AvgIpc) is 3.64. The van der Waals surface area contributed by atoms with Crippen LogP contribution >= 0.6 is 0 Å². The molecule has 4 nitrogen and oxygen atoms in total. The molecule has 4 heteroatoms. The van der Waals surface area contributed by atoms with E-state index >= 15 is 0 Å².